The van der Waals surface area contributed by atoms with Gasteiger partial charge in [0.05, 0.1) is 17.8 Å². The third-order valence-corrected chi connectivity index (χ3v) is 6.48. The molecule has 2 aromatic heterocycles. The Kier molecular flexibility index (Phi) is 5.16. The predicted octanol–water partition coefficient (Wildman–Crippen LogP) is 4.97. The Morgan fingerprint density at radius 1 is 1.06 bits per heavy atom. The number of halogens is 3. The van der Waals surface area contributed by atoms with Gasteiger partial charge in [-0.25, -0.2) is 9.78 Å². The largest absolute Gasteiger partial charge is 0.416 e. The zero-order chi connectivity index (χ0) is 23.2. The first-order valence-corrected chi connectivity index (χ1v) is 11.0. The van der Waals surface area contributed by atoms with Crippen molar-refractivity contribution in [2.24, 2.45) is 0 Å². The second-order valence-corrected chi connectivity index (χ2v) is 8.57. The van der Waals surface area contributed by atoms with Gasteiger partial charge >= 0.3 is 12.2 Å². The molecule has 1 fully saturated rings. The maximum absolute atomic E-state index is 12.9. The lowest BCUT2D eigenvalue weighted by Crippen LogP contribution is -2.32. The molecule has 168 valence electrons. The molecule has 33 heavy (non-hydrogen) atoms. The number of hydrogen-bond acceptors (Lipinski definition) is 4. The van der Waals surface area contributed by atoms with E-state index >= 15 is 0 Å². The zero-order valence-corrected chi connectivity index (χ0v) is 17.8. The van der Waals surface area contributed by atoms with Crippen LogP contribution in [0.1, 0.15) is 16.8 Å². The highest BCUT2D eigenvalue weighted by atomic mass is 32.1. The molecule has 6 nitrogen and oxygen atoms in total. The van der Waals surface area contributed by atoms with Crippen LogP contribution in [-0.4, -0.2) is 32.8 Å². The monoisotopic (exact) mass is 470 g/mol. The molecule has 0 aliphatic carbocycles. The number of benzene rings is 2. The molecule has 2 aromatic carbocycles. The van der Waals surface area contributed by atoms with Crippen LogP contribution >= 0.6 is 11.3 Å². The van der Waals surface area contributed by atoms with E-state index in [2.05, 4.69) is 15.3 Å². The van der Waals surface area contributed by atoms with Gasteiger partial charge in [0, 0.05) is 34.5 Å². The van der Waals surface area contributed by atoms with E-state index in [1.807, 2.05) is 30.5 Å². The van der Waals surface area contributed by atoms with Gasteiger partial charge in [0.2, 0.25) is 0 Å². The SMILES string of the molecule is O=C1NC(Cc2c[nH]c3ccccc23)C(=O)N1Cc1csc(-c2ccc(C(F)(F)F)cc2)n1. The average molecular weight is 470 g/mol. The van der Waals surface area contributed by atoms with Crippen molar-refractivity contribution < 1.29 is 22.8 Å². The number of nitrogens with zero attached hydrogens (tertiary/aromatic N) is 2. The summed E-state index contributed by atoms with van der Waals surface area (Å²) in [5.74, 6) is -0.339. The molecule has 0 bridgehead atoms. The molecular weight excluding hydrogens is 453 g/mol. The van der Waals surface area contributed by atoms with Crippen LogP contribution in [0.4, 0.5) is 18.0 Å². The predicted molar refractivity (Wildman–Crippen MR) is 117 cm³/mol. The van der Waals surface area contributed by atoms with Crippen molar-refractivity contribution in [1.82, 2.24) is 20.2 Å². The summed E-state index contributed by atoms with van der Waals surface area (Å²) in [6.07, 6.45) is -2.21. The summed E-state index contributed by atoms with van der Waals surface area (Å²) in [7, 11) is 0. The Morgan fingerprint density at radius 2 is 1.82 bits per heavy atom. The third kappa shape index (κ3) is 4.09. The molecule has 10 heteroatoms. The summed E-state index contributed by atoms with van der Waals surface area (Å²) >= 11 is 1.24. The van der Waals surface area contributed by atoms with E-state index in [-0.39, 0.29) is 12.5 Å². The van der Waals surface area contributed by atoms with Crippen LogP contribution in [0, 0.1) is 0 Å². The molecule has 1 saturated heterocycles. The number of thiazole rings is 1. The van der Waals surface area contributed by atoms with Crippen LogP contribution in [0.25, 0.3) is 21.5 Å². The minimum absolute atomic E-state index is 0.00775. The fraction of sp³-hybridized carbons (Fsp3) is 0.174. The summed E-state index contributed by atoms with van der Waals surface area (Å²) in [6, 6.07) is 11.3. The first kappa shape index (κ1) is 21.2. The number of aromatic nitrogens is 2. The summed E-state index contributed by atoms with van der Waals surface area (Å²) in [5.41, 5.74) is 2.19. The van der Waals surface area contributed by atoms with E-state index in [0.29, 0.717) is 22.7 Å². The smallest absolute Gasteiger partial charge is 0.361 e. The molecule has 5 rings (SSSR count). The quantitative estimate of drug-likeness (QED) is 0.404. The maximum atomic E-state index is 12.9. The molecule has 3 heterocycles. The molecule has 3 amide bonds. The van der Waals surface area contributed by atoms with Crippen molar-refractivity contribution in [1.29, 1.82) is 0 Å². The van der Waals surface area contributed by atoms with Gasteiger partial charge in [0.15, 0.2) is 0 Å². The number of carbonyl (C=O) groups is 2. The van der Waals surface area contributed by atoms with Crippen LogP contribution in [0.3, 0.4) is 0 Å². The molecule has 1 aliphatic heterocycles. The number of H-pyrrole nitrogens is 1. The van der Waals surface area contributed by atoms with E-state index in [0.717, 1.165) is 33.5 Å². The lowest BCUT2D eigenvalue weighted by atomic mass is 10.1. The normalized spacial score (nSPS) is 16.6. The van der Waals surface area contributed by atoms with Gasteiger partial charge in [0.25, 0.3) is 5.91 Å². The Morgan fingerprint density at radius 3 is 2.58 bits per heavy atom. The van der Waals surface area contributed by atoms with E-state index < -0.39 is 23.8 Å². The van der Waals surface area contributed by atoms with Crippen LogP contribution in [-0.2, 0) is 23.9 Å². The van der Waals surface area contributed by atoms with Gasteiger partial charge in [-0.3, -0.25) is 9.69 Å². The molecule has 0 saturated carbocycles. The van der Waals surface area contributed by atoms with E-state index in [4.69, 9.17) is 0 Å². The number of carbonyl (C=O) groups excluding carboxylic acids is 2. The van der Waals surface area contributed by atoms with Crippen LogP contribution in [0.5, 0.6) is 0 Å². The lowest BCUT2D eigenvalue weighted by Gasteiger charge is -2.11. The summed E-state index contributed by atoms with van der Waals surface area (Å²) < 4.78 is 38.3. The van der Waals surface area contributed by atoms with Crippen LogP contribution < -0.4 is 5.32 Å². The van der Waals surface area contributed by atoms with E-state index in [1.54, 1.807) is 5.38 Å². The number of alkyl halides is 3. The average Bonchev–Trinajstić information content (AvgIpc) is 3.49. The van der Waals surface area contributed by atoms with Crippen LogP contribution in [0.2, 0.25) is 0 Å². The molecule has 0 radical (unpaired) electrons. The summed E-state index contributed by atoms with van der Waals surface area (Å²) in [6.45, 7) is -0.00775. The van der Waals surface area contributed by atoms with Gasteiger partial charge in [-0.1, -0.05) is 30.3 Å². The van der Waals surface area contributed by atoms with Crippen molar-refractivity contribution >= 4 is 34.2 Å². The molecule has 1 atom stereocenters. The first-order chi connectivity index (χ1) is 15.8. The van der Waals surface area contributed by atoms with Gasteiger partial charge in [0.1, 0.15) is 11.0 Å². The Labute approximate surface area is 190 Å². The fourth-order valence-electron chi connectivity index (χ4n) is 3.86. The van der Waals surface area contributed by atoms with Gasteiger partial charge in [-0.2, -0.15) is 13.2 Å². The Bertz CT molecular complexity index is 1340. The highest BCUT2D eigenvalue weighted by molar-refractivity contribution is 7.13. The number of hydrogen-bond donors (Lipinski definition) is 2. The number of urea groups is 1. The number of imide groups is 1. The van der Waals surface area contributed by atoms with Gasteiger partial charge in [-0.05, 0) is 23.8 Å². The molecule has 4 aromatic rings. The van der Waals surface area contributed by atoms with Gasteiger partial charge in [-0.15, -0.1) is 11.3 Å². The van der Waals surface area contributed by atoms with Crippen molar-refractivity contribution in [3.63, 3.8) is 0 Å². The molecule has 1 aliphatic rings. The lowest BCUT2D eigenvalue weighted by molar-refractivity contribution is -0.137. The standard InChI is InChI=1S/C23H17F3N4O2S/c24-23(25,26)15-7-5-13(6-8-15)20-28-16(12-33-20)11-30-21(31)19(29-22(30)32)9-14-10-27-18-4-2-1-3-17(14)18/h1-8,10,12,19,27H,9,11H2,(H,29,32). The second kappa shape index (κ2) is 8.04. The minimum Gasteiger partial charge on any atom is -0.361 e. The highest BCUT2D eigenvalue weighted by Gasteiger charge is 2.38. The maximum Gasteiger partial charge on any atom is 0.416 e. The molecular formula is C23H17F3N4O2S. The number of fused-ring (bicyclic) bond motifs is 1. The highest BCUT2D eigenvalue weighted by Crippen LogP contribution is 2.32. The number of nitrogens with one attached hydrogen (secondary N) is 2. The molecule has 0 spiro atoms. The fourth-order valence-corrected chi connectivity index (χ4v) is 4.68. The molecule has 1 unspecified atom stereocenters. The number of amides is 3. The van der Waals surface area contributed by atoms with E-state index in [1.165, 1.54) is 23.5 Å². The minimum atomic E-state index is -4.40. The summed E-state index contributed by atoms with van der Waals surface area (Å²) in [5, 5.41) is 5.94. The second-order valence-electron chi connectivity index (χ2n) is 7.71. The van der Waals surface area contributed by atoms with Crippen molar-refractivity contribution in [3.05, 3.63) is 76.9 Å². The van der Waals surface area contributed by atoms with E-state index in [9.17, 15) is 22.8 Å². The van der Waals surface area contributed by atoms with Crippen molar-refractivity contribution in [2.75, 3.05) is 0 Å². The van der Waals surface area contributed by atoms with Gasteiger partial charge < -0.3 is 10.3 Å². The molecule has 2 N–H and O–H groups in total. The van der Waals surface area contributed by atoms with Crippen LogP contribution in [0.15, 0.2) is 60.1 Å². The third-order valence-electron chi connectivity index (χ3n) is 5.54. The Balaban J connectivity index is 1.28. The zero-order valence-electron chi connectivity index (χ0n) is 17.0. The number of para-hydroxylation sites is 1. The number of aromatic amines is 1. The number of rotatable bonds is 5. The summed E-state index contributed by atoms with van der Waals surface area (Å²) in [4.78, 5) is 34.0. The van der Waals surface area contributed by atoms with Crippen molar-refractivity contribution in [2.45, 2.75) is 25.2 Å². The first-order valence-electron chi connectivity index (χ1n) is 10.1. The Hall–Kier alpha value is -3.66. The topological polar surface area (TPSA) is 78.1 Å². The van der Waals surface area contributed by atoms with Crippen molar-refractivity contribution in [3.8, 4) is 10.6 Å².